The van der Waals surface area contributed by atoms with Crippen LogP contribution < -0.4 is 5.73 Å². The van der Waals surface area contributed by atoms with E-state index < -0.39 is 5.72 Å². The van der Waals surface area contributed by atoms with E-state index in [0.717, 1.165) is 24.0 Å². The van der Waals surface area contributed by atoms with Crippen LogP contribution in [0.25, 0.3) is 10.9 Å². The van der Waals surface area contributed by atoms with Gasteiger partial charge in [-0.2, -0.15) is 0 Å². The molecule has 0 saturated heterocycles. The molecular formula is C15H23N3O. The number of aromatic nitrogens is 1. The summed E-state index contributed by atoms with van der Waals surface area (Å²) in [5.41, 5.74) is 8.01. The lowest BCUT2D eigenvalue weighted by Gasteiger charge is -2.17. The van der Waals surface area contributed by atoms with Crippen LogP contribution in [0.4, 0.5) is 0 Å². The van der Waals surface area contributed by atoms with Gasteiger partial charge in [-0.25, -0.2) is 0 Å². The minimum Gasteiger partial charge on any atom is -0.376 e. The van der Waals surface area contributed by atoms with Crippen molar-refractivity contribution in [2.75, 3.05) is 20.6 Å². The summed E-state index contributed by atoms with van der Waals surface area (Å²) in [6, 6.07) is 6.18. The lowest BCUT2D eigenvalue weighted by molar-refractivity contribution is 0.0677. The van der Waals surface area contributed by atoms with Crippen molar-refractivity contribution >= 4 is 10.9 Å². The van der Waals surface area contributed by atoms with E-state index in [9.17, 15) is 5.11 Å². The molecule has 2 rings (SSSR count). The maximum absolute atomic E-state index is 9.70. The smallest absolute Gasteiger partial charge is 0.114 e. The number of hydrogen-bond acceptors (Lipinski definition) is 3. The van der Waals surface area contributed by atoms with Crippen molar-refractivity contribution in [1.82, 2.24) is 9.88 Å². The van der Waals surface area contributed by atoms with Gasteiger partial charge >= 0.3 is 0 Å². The first-order valence-electron chi connectivity index (χ1n) is 6.60. The molecular weight excluding hydrogens is 238 g/mol. The van der Waals surface area contributed by atoms with E-state index in [1.54, 1.807) is 6.92 Å². The van der Waals surface area contributed by atoms with E-state index in [-0.39, 0.29) is 0 Å². The van der Waals surface area contributed by atoms with Crippen LogP contribution in [0.15, 0.2) is 24.4 Å². The number of aliphatic hydroxyl groups is 1. The number of hydrogen-bond donors (Lipinski definition) is 3. The fourth-order valence-corrected chi connectivity index (χ4v) is 2.30. The normalized spacial score (nSPS) is 15.1. The van der Waals surface area contributed by atoms with Crippen molar-refractivity contribution in [1.29, 1.82) is 0 Å². The van der Waals surface area contributed by atoms with Crippen LogP contribution in [-0.4, -0.2) is 41.4 Å². The molecule has 104 valence electrons. The largest absolute Gasteiger partial charge is 0.376 e. The number of nitrogens with two attached hydrogens (primary N) is 1. The van der Waals surface area contributed by atoms with Crippen molar-refractivity contribution in [3.63, 3.8) is 0 Å². The molecule has 1 aromatic heterocycles. The molecule has 0 spiro atoms. The summed E-state index contributed by atoms with van der Waals surface area (Å²) < 4.78 is 0. The number of fused-ring (bicyclic) bond motifs is 1. The number of aromatic amines is 1. The van der Waals surface area contributed by atoms with Gasteiger partial charge in [0, 0.05) is 30.1 Å². The van der Waals surface area contributed by atoms with Gasteiger partial charge < -0.3 is 20.7 Å². The average molecular weight is 261 g/mol. The first kappa shape index (κ1) is 14.1. The molecule has 4 N–H and O–H groups in total. The zero-order chi connectivity index (χ0) is 14.0. The van der Waals surface area contributed by atoms with Crippen LogP contribution in [-0.2, 0) is 12.8 Å². The Bertz CT molecular complexity index is 552. The Morgan fingerprint density at radius 3 is 2.74 bits per heavy atom. The quantitative estimate of drug-likeness (QED) is 0.714. The number of nitrogens with one attached hydrogen (secondary N) is 1. The minimum absolute atomic E-state index is 0.460. The summed E-state index contributed by atoms with van der Waals surface area (Å²) in [4.78, 5) is 5.46. The number of benzene rings is 1. The highest BCUT2D eigenvalue weighted by Gasteiger charge is 2.14. The molecule has 0 bridgehead atoms. The molecule has 0 radical (unpaired) electrons. The molecule has 19 heavy (non-hydrogen) atoms. The molecule has 0 aliphatic heterocycles. The van der Waals surface area contributed by atoms with Crippen molar-refractivity contribution in [3.05, 3.63) is 35.5 Å². The monoisotopic (exact) mass is 261 g/mol. The molecule has 2 aromatic rings. The van der Waals surface area contributed by atoms with E-state index in [1.165, 1.54) is 10.9 Å². The highest BCUT2D eigenvalue weighted by atomic mass is 16.3. The van der Waals surface area contributed by atoms with Crippen LogP contribution in [0, 0.1) is 0 Å². The first-order valence-corrected chi connectivity index (χ1v) is 6.60. The van der Waals surface area contributed by atoms with Crippen molar-refractivity contribution in [2.24, 2.45) is 5.73 Å². The third-order valence-corrected chi connectivity index (χ3v) is 3.22. The maximum atomic E-state index is 9.70. The lowest BCUT2D eigenvalue weighted by Crippen LogP contribution is -2.37. The van der Waals surface area contributed by atoms with Gasteiger partial charge in [-0.3, -0.25) is 0 Å². The van der Waals surface area contributed by atoms with Crippen molar-refractivity contribution in [2.45, 2.75) is 25.5 Å². The third kappa shape index (κ3) is 3.80. The molecule has 4 heteroatoms. The zero-order valence-corrected chi connectivity index (χ0v) is 11.9. The highest BCUT2D eigenvalue weighted by molar-refractivity contribution is 5.83. The standard InChI is InChI=1S/C15H23N3O/c1-15(16,19)9-11-4-5-14-13(8-11)12(10-17-14)6-7-18(2)3/h4-5,8,10,17,19H,6-7,9,16H2,1-3H3/t15-/m0/s1. The molecule has 1 aromatic carbocycles. The summed E-state index contributed by atoms with van der Waals surface area (Å²) in [6.45, 7) is 2.65. The zero-order valence-electron chi connectivity index (χ0n) is 11.9. The van der Waals surface area contributed by atoms with E-state index >= 15 is 0 Å². The maximum Gasteiger partial charge on any atom is 0.114 e. The van der Waals surface area contributed by atoms with Gasteiger partial charge in [0.2, 0.25) is 0 Å². The van der Waals surface area contributed by atoms with Crippen molar-refractivity contribution in [3.8, 4) is 0 Å². The second-order valence-corrected chi connectivity index (χ2v) is 5.78. The first-order chi connectivity index (χ1) is 8.85. The molecule has 0 amide bonds. The van der Waals surface area contributed by atoms with Gasteiger partial charge in [0.05, 0.1) is 0 Å². The minimum atomic E-state index is -1.16. The van der Waals surface area contributed by atoms with Gasteiger partial charge in [0.1, 0.15) is 5.72 Å². The van der Waals surface area contributed by atoms with Gasteiger partial charge in [0.25, 0.3) is 0 Å². The molecule has 4 nitrogen and oxygen atoms in total. The second-order valence-electron chi connectivity index (χ2n) is 5.78. The summed E-state index contributed by atoms with van der Waals surface area (Å²) in [6.07, 6.45) is 3.54. The fourth-order valence-electron chi connectivity index (χ4n) is 2.30. The van der Waals surface area contributed by atoms with Crippen LogP contribution in [0.2, 0.25) is 0 Å². The van der Waals surface area contributed by atoms with Crippen LogP contribution in [0.5, 0.6) is 0 Å². The molecule has 1 heterocycles. The Morgan fingerprint density at radius 1 is 1.37 bits per heavy atom. The Kier molecular flexibility index (Phi) is 3.94. The molecule has 0 aliphatic carbocycles. The number of rotatable bonds is 5. The number of H-pyrrole nitrogens is 1. The Hall–Kier alpha value is -1.36. The van der Waals surface area contributed by atoms with Crippen LogP contribution in [0.1, 0.15) is 18.1 Å². The van der Waals surface area contributed by atoms with Gasteiger partial charge in [-0.1, -0.05) is 6.07 Å². The molecule has 0 saturated carbocycles. The van der Waals surface area contributed by atoms with Gasteiger partial charge in [0.15, 0.2) is 0 Å². The highest BCUT2D eigenvalue weighted by Crippen LogP contribution is 2.22. The average Bonchev–Trinajstić information content (AvgIpc) is 2.66. The van der Waals surface area contributed by atoms with Gasteiger partial charge in [-0.15, -0.1) is 0 Å². The number of likely N-dealkylation sites (N-methyl/N-ethyl adjacent to an activating group) is 1. The molecule has 0 unspecified atom stereocenters. The number of nitrogens with zero attached hydrogens (tertiary/aromatic N) is 1. The van der Waals surface area contributed by atoms with E-state index in [0.29, 0.717) is 6.42 Å². The second kappa shape index (κ2) is 5.33. The molecule has 0 aliphatic rings. The summed E-state index contributed by atoms with van der Waals surface area (Å²) >= 11 is 0. The summed E-state index contributed by atoms with van der Waals surface area (Å²) in [5, 5.41) is 10.9. The molecule has 1 atom stereocenters. The topological polar surface area (TPSA) is 65.3 Å². The van der Waals surface area contributed by atoms with Crippen molar-refractivity contribution < 1.29 is 5.11 Å². The fraction of sp³-hybridized carbons (Fsp3) is 0.467. The summed E-state index contributed by atoms with van der Waals surface area (Å²) in [7, 11) is 4.15. The lowest BCUT2D eigenvalue weighted by atomic mass is 10.0. The van der Waals surface area contributed by atoms with E-state index in [2.05, 4.69) is 42.3 Å². The van der Waals surface area contributed by atoms with E-state index in [4.69, 9.17) is 5.73 Å². The Labute approximate surface area is 114 Å². The third-order valence-electron chi connectivity index (χ3n) is 3.22. The van der Waals surface area contributed by atoms with Crippen LogP contribution >= 0.6 is 0 Å². The molecule has 0 fully saturated rings. The predicted octanol–water partition coefficient (Wildman–Crippen LogP) is 1.48. The van der Waals surface area contributed by atoms with E-state index in [1.807, 2.05) is 6.07 Å². The van der Waals surface area contributed by atoms with Gasteiger partial charge in [-0.05, 0) is 50.7 Å². The predicted molar refractivity (Wildman–Crippen MR) is 79.1 cm³/mol. The Balaban J connectivity index is 2.26. The SMILES string of the molecule is CN(C)CCc1c[nH]c2ccc(C[C@@](C)(N)O)cc12. The van der Waals surface area contributed by atoms with Crippen LogP contribution in [0.3, 0.4) is 0 Å². The Morgan fingerprint density at radius 2 is 2.11 bits per heavy atom. The summed E-state index contributed by atoms with van der Waals surface area (Å²) in [5.74, 6) is 0.